The van der Waals surface area contributed by atoms with Gasteiger partial charge in [-0.25, -0.2) is 0 Å². The third kappa shape index (κ3) is 5.34. The molecule has 0 radical (unpaired) electrons. The second-order valence-electron chi connectivity index (χ2n) is 3.62. The maximum atomic E-state index is 10.9. The van der Waals surface area contributed by atoms with Gasteiger partial charge in [-0.3, -0.25) is 4.79 Å². The number of nitrogens with one attached hydrogen (secondary N) is 1. The van der Waals surface area contributed by atoms with Crippen LogP contribution in [0.3, 0.4) is 0 Å². The summed E-state index contributed by atoms with van der Waals surface area (Å²) in [6.45, 7) is 10.3. The third-order valence-corrected chi connectivity index (χ3v) is 1.88. The highest BCUT2D eigenvalue weighted by Gasteiger charge is 1.92. The molecule has 0 saturated heterocycles. The lowest BCUT2D eigenvalue weighted by Crippen LogP contribution is -2.01. The van der Waals surface area contributed by atoms with E-state index in [1.165, 1.54) is 12.0 Å². The molecule has 2 aromatic rings. The molecule has 0 amide bonds. The summed E-state index contributed by atoms with van der Waals surface area (Å²) in [6, 6.07) is 9.33. The average molecular weight is 233 g/mol. The molecule has 0 aliphatic rings. The van der Waals surface area contributed by atoms with Crippen LogP contribution in [0, 0.1) is 6.92 Å². The SMILES string of the molecule is CC.CCC.Cc1ccc2[nH]c(=O)ccc2c1. The highest BCUT2D eigenvalue weighted by atomic mass is 16.1. The Labute approximate surface area is 104 Å². The number of H-pyrrole nitrogens is 1. The molecular weight excluding hydrogens is 210 g/mol. The third-order valence-electron chi connectivity index (χ3n) is 1.88. The van der Waals surface area contributed by atoms with E-state index in [-0.39, 0.29) is 5.56 Å². The number of aromatic amines is 1. The van der Waals surface area contributed by atoms with E-state index >= 15 is 0 Å². The van der Waals surface area contributed by atoms with Crippen LogP contribution in [0.5, 0.6) is 0 Å². The summed E-state index contributed by atoms with van der Waals surface area (Å²) in [6.07, 6.45) is 1.25. The number of hydrogen-bond donors (Lipinski definition) is 1. The molecule has 1 aromatic heterocycles. The van der Waals surface area contributed by atoms with E-state index in [2.05, 4.69) is 18.8 Å². The lowest BCUT2D eigenvalue weighted by atomic mass is 10.1. The predicted molar refractivity (Wildman–Crippen MR) is 76.6 cm³/mol. The molecule has 0 saturated carbocycles. The molecule has 17 heavy (non-hydrogen) atoms. The lowest BCUT2D eigenvalue weighted by molar-refractivity contribution is 1.09. The van der Waals surface area contributed by atoms with Gasteiger partial charge in [-0.1, -0.05) is 45.7 Å². The molecule has 0 fully saturated rings. The van der Waals surface area contributed by atoms with Crippen LogP contribution in [0.4, 0.5) is 0 Å². The number of rotatable bonds is 0. The van der Waals surface area contributed by atoms with Crippen molar-refractivity contribution in [1.29, 1.82) is 0 Å². The Balaban J connectivity index is 0.000000450. The summed E-state index contributed by atoms with van der Waals surface area (Å²) < 4.78 is 0. The Morgan fingerprint density at radius 2 is 1.65 bits per heavy atom. The van der Waals surface area contributed by atoms with E-state index in [1.54, 1.807) is 6.07 Å². The van der Waals surface area contributed by atoms with E-state index in [1.807, 2.05) is 45.0 Å². The zero-order valence-corrected chi connectivity index (χ0v) is 11.5. The first-order chi connectivity index (χ1) is 8.17. The molecule has 0 atom stereocenters. The standard InChI is InChI=1S/C10H9NO.C3H8.C2H6/c1-7-2-4-9-8(6-7)3-5-10(12)11-9;1-3-2;1-2/h2-6H,1H3,(H,11,12);3H2,1-2H3;1-2H3. The van der Waals surface area contributed by atoms with Crippen LogP contribution in [0.1, 0.15) is 39.7 Å². The Kier molecular flexibility index (Phi) is 7.78. The van der Waals surface area contributed by atoms with Crippen LogP contribution >= 0.6 is 0 Å². The van der Waals surface area contributed by atoms with E-state index in [0.29, 0.717) is 0 Å². The number of aryl methyl sites for hydroxylation is 1. The molecule has 0 aliphatic heterocycles. The van der Waals surface area contributed by atoms with E-state index in [9.17, 15) is 4.79 Å². The molecule has 1 aromatic carbocycles. The number of benzene rings is 1. The van der Waals surface area contributed by atoms with Crippen molar-refractivity contribution in [3.05, 3.63) is 46.2 Å². The molecule has 1 heterocycles. The summed E-state index contributed by atoms with van der Waals surface area (Å²) in [5, 5.41) is 1.08. The number of pyridine rings is 1. The number of fused-ring (bicyclic) bond motifs is 1. The Morgan fingerprint density at radius 1 is 1.06 bits per heavy atom. The average Bonchev–Trinajstić information content (AvgIpc) is 2.33. The summed E-state index contributed by atoms with van der Waals surface area (Å²) in [7, 11) is 0. The summed E-state index contributed by atoms with van der Waals surface area (Å²) in [4.78, 5) is 13.7. The van der Waals surface area contributed by atoms with Crippen LogP contribution in [0.15, 0.2) is 35.1 Å². The van der Waals surface area contributed by atoms with Crippen molar-refractivity contribution in [2.24, 2.45) is 0 Å². The van der Waals surface area contributed by atoms with Gasteiger partial charge in [-0.15, -0.1) is 0 Å². The highest BCUT2D eigenvalue weighted by Crippen LogP contribution is 2.10. The molecule has 94 valence electrons. The largest absolute Gasteiger partial charge is 0.322 e. The Hall–Kier alpha value is -1.57. The fraction of sp³-hybridized carbons (Fsp3) is 0.400. The van der Waals surface area contributed by atoms with Gasteiger partial charge in [0.05, 0.1) is 0 Å². The summed E-state index contributed by atoms with van der Waals surface area (Å²) in [5.41, 5.74) is 2.05. The number of aromatic nitrogens is 1. The normalized spacial score (nSPS) is 8.76. The van der Waals surface area contributed by atoms with Gasteiger partial charge < -0.3 is 4.98 Å². The van der Waals surface area contributed by atoms with Crippen molar-refractivity contribution < 1.29 is 0 Å². The Morgan fingerprint density at radius 3 is 2.24 bits per heavy atom. The van der Waals surface area contributed by atoms with Crippen molar-refractivity contribution >= 4 is 10.9 Å². The molecule has 0 aliphatic carbocycles. The fourth-order valence-electron chi connectivity index (χ4n) is 1.27. The van der Waals surface area contributed by atoms with Crippen molar-refractivity contribution in [3.63, 3.8) is 0 Å². The predicted octanol–water partition coefficient (Wildman–Crippen LogP) is 4.28. The van der Waals surface area contributed by atoms with Crippen LogP contribution in [-0.4, -0.2) is 4.98 Å². The van der Waals surface area contributed by atoms with Crippen molar-refractivity contribution in [2.45, 2.75) is 41.0 Å². The van der Waals surface area contributed by atoms with Gasteiger partial charge in [0.15, 0.2) is 0 Å². The van der Waals surface area contributed by atoms with Gasteiger partial charge in [-0.05, 0) is 30.5 Å². The zero-order chi connectivity index (χ0) is 13.3. The maximum absolute atomic E-state index is 10.9. The first-order valence-electron chi connectivity index (χ1n) is 6.27. The van der Waals surface area contributed by atoms with Gasteiger partial charge in [0.1, 0.15) is 0 Å². The van der Waals surface area contributed by atoms with E-state index < -0.39 is 0 Å². The minimum Gasteiger partial charge on any atom is -0.322 e. The minimum atomic E-state index is -0.0497. The van der Waals surface area contributed by atoms with Crippen molar-refractivity contribution in [1.82, 2.24) is 4.98 Å². The first-order valence-corrected chi connectivity index (χ1v) is 6.27. The van der Waals surface area contributed by atoms with Crippen LogP contribution in [0.25, 0.3) is 10.9 Å². The van der Waals surface area contributed by atoms with E-state index in [0.717, 1.165) is 10.9 Å². The molecule has 0 bridgehead atoms. The summed E-state index contributed by atoms with van der Waals surface area (Å²) >= 11 is 0. The van der Waals surface area contributed by atoms with Crippen molar-refractivity contribution in [2.75, 3.05) is 0 Å². The second kappa shape index (κ2) is 8.57. The molecule has 2 nitrogen and oxygen atoms in total. The number of hydrogen-bond acceptors (Lipinski definition) is 1. The van der Waals surface area contributed by atoms with Crippen LogP contribution < -0.4 is 5.56 Å². The molecular formula is C15H23NO. The van der Waals surface area contributed by atoms with Crippen molar-refractivity contribution in [3.8, 4) is 0 Å². The van der Waals surface area contributed by atoms with Gasteiger partial charge in [-0.2, -0.15) is 0 Å². The second-order valence-corrected chi connectivity index (χ2v) is 3.62. The van der Waals surface area contributed by atoms with Gasteiger partial charge in [0, 0.05) is 11.6 Å². The van der Waals surface area contributed by atoms with Gasteiger partial charge in [0.2, 0.25) is 5.56 Å². The first kappa shape index (κ1) is 15.4. The smallest absolute Gasteiger partial charge is 0.248 e. The molecule has 2 heteroatoms. The minimum absolute atomic E-state index is 0.0497. The lowest BCUT2D eigenvalue weighted by Gasteiger charge is -1.97. The Bertz CT molecular complexity index is 485. The molecule has 0 unspecified atom stereocenters. The van der Waals surface area contributed by atoms with Gasteiger partial charge in [0.25, 0.3) is 0 Å². The van der Waals surface area contributed by atoms with E-state index in [4.69, 9.17) is 0 Å². The molecule has 2 rings (SSSR count). The molecule has 1 N–H and O–H groups in total. The van der Waals surface area contributed by atoms with Gasteiger partial charge >= 0.3 is 0 Å². The van der Waals surface area contributed by atoms with Crippen LogP contribution in [0.2, 0.25) is 0 Å². The highest BCUT2D eigenvalue weighted by molar-refractivity contribution is 5.78. The summed E-state index contributed by atoms with van der Waals surface area (Å²) in [5.74, 6) is 0. The zero-order valence-electron chi connectivity index (χ0n) is 11.5. The monoisotopic (exact) mass is 233 g/mol. The topological polar surface area (TPSA) is 32.9 Å². The van der Waals surface area contributed by atoms with Crippen LogP contribution in [-0.2, 0) is 0 Å². The quantitative estimate of drug-likeness (QED) is 0.723. The maximum Gasteiger partial charge on any atom is 0.248 e. The fourth-order valence-corrected chi connectivity index (χ4v) is 1.27. The molecule has 0 spiro atoms.